The second-order valence-corrected chi connectivity index (χ2v) is 10.1. The third-order valence-electron chi connectivity index (χ3n) is 7.26. The molecule has 1 N–H and O–H groups in total. The van der Waals surface area contributed by atoms with Gasteiger partial charge in [0.15, 0.2) is 0 Å². The summed E-state index contributed by atoms with van der Waals surface area (Å²) in [6.07, 6.45) is 8.30. The van der Waals surface area contributed by atoms with Crippen LogP contribution in [0.3, 0.4) is 0 Å². The Kier molecular flexibility index (Phi) is 8.41. The highest BCUT2D eigenvalue weighted by Crippen LogP contribution is 2.32. The van der Waals surface area contributed by atoms with Gasteiger partial charge in [-0.1, -0.05) is 43.3 Å². The molecule has 2 aromatic rings. The number of aromatic nitrogens is 1. The van der Waals surface area contributed by atoms with Crippen LogP contribution >= 0.6 is 0 Å². The van der Waals surface area contributed by atoms with Gasteiger partial charge in [-0.2, -0.15) is 0 Å². The van der Waals surface area contributed by atoms with Gasteiger partial charge < -0.3 is 19.6 Å². The predicted octanol–water partition coefficient (Wildman–Crippen LogP) is 3.96. The van der Waals surface area contributed by atoms with E-state index in [1.54, 1.807) is 23.0 Å². The zero-order chi connectivity index (χ0) is 25.7. The van der Waals surface area contributed by atoms with E-state index in [1.165, 1.54) is 12.0 Å². The molecule has 1 aliphatic carbocycles. The Labute approximate surface area is 213 Å². The number of ether oxygens (including phenoxy) is 1. The van der Waals surface area contributed by atoms with E-state index in [0.29, 0.717) is 25.1 Å². The number of aliphatic hydroxyl groups is 1. The van der Waals surface area contributed by atoms with Crippen molar-refractivity contribution in [1.29, 1.82) is 0 Å². The molecular formula is C29H37N3O4. The van der Waals surface area contributed by atoms with E-state index in [-0.39, 0.29) is 42.4 Å². The lowest BCUT2D eigenvalue weighted by atomic mass is 9.93. The second kappa shape index (κ2) is 11.7. The molecule has 2 aliphatic rings. The fraction of sp³-hybridized carbons (Fsp3) is 0.483. The van der Waals surface area contributed by atoms with Gasteiger partial charge in [-0.05, 0) is 55.4 Å². The van der Waals surface area contributed by atoms with Crippen molar-refractivity contribution >= 4 is 17.4 Å². The van der Waals surface area contributed by atoms with Crippen molar-refractivity contribution in [3.63, 3.8) is 0 Å². The SMILES string of the molecule is C[C@@H]1CN([C@H](C)CO)C(=O)c2cc(C3=CCCCC3)cnc2O[C@H]1CN(C)C(=O)Cc1ccccc1. The van der Waals surface area contributed by atoms with E-state index in [1.807, 2.05) is 50.2 Å². The first kappa shape index (κ1) is 25.9. The van der Waals surface area contributed by atoms with Crippen LogP contribution in [0.15, 0.2) is 48.7 Å². The minimum atomic E-state index is -0.359. The summed E-state index contributed by atoms with van der Waals surface area (Å²) >= 11 is 0. The number of allylic oxidation sites excluding steroid dienone is 2. The molecule has 4 rings (SSSR count). The number of aliphatic hydroxyl groups excluding tert-OH is 1. The molecule has 0 fully saturated rings. The van der Waals surface area contributed by atoms with E-state index < -0.39 is 0 Å². The predicted molar refractivity (Wildman–Crippen MR) is 140 cm³/mol. The molecule has 1 aliphatic heterocycles. The average molecular weight is 492 g/mol. The maximum absolute atomic E-state index is 13.6. The maximum Gasteiger partial charge on any atom is 0.259 e. The Morgan fingerprint density at radius 2 is 2.06 bits per heavy atom. The molecule has 0 unspecified atom stereocenters. The topological polar surface area (TPSA) is 83.0 Å². The number of carbonyl (C=O) groups is 2. The summed E-state index contributed by atoms with van der Waals surface area (Å²) in [6, 6.07) is 11.2. The minimum Gasteiger partial charge on any atom is -0.472 e. The van der Waals surface area contributed by atoms with Crippen LogP contribution in [-0.2, 0) is 11.2 Å². The van der Waals surface area contributed by atoms with Gasteiger partial charge in [-0.15, -0.1) is 0 Å². The van der Waals surface area contributed by atoms with Crippen molar-refractivity contribution in [3.8, 4) is 5.88 Å². The summed E-state index contributed by atoms with van der Waals surface area (Å²) in [7, 11) is 1.78. The van der Waals surface area contributed by atoms with E-state index in [0.717, 1.165) is 30.4 Å². The Morgan fingerprint density at radius 3 is 2.75 bits per heavy atom. The van der Waals surface area contributed by atoms with Crippen molar-refractivity contribution in [2.75, 3.05) is 26.7 Å². The zero-order valence-corrected chi connectivity index (χ0v) is 21.5. The first-order chi connectivity index (χ1) is 17.4. The highest BCUT2D eigenvalue weighted by atomic mass is 16.5. The van der Waals surface area contributed by atoms with Crippen molar-refractivity contribution in [1.82, 2.24) is 14.8 Å². The first-order valence-corrected chi connectivity index (χ1v) is 12.9. The molecule has 0 saturated carbocycles. The zero-order valence-electron chi connectivity index (χ0n) is 21.5. The number of hydrogen-bond donors (Lipinski definition) is 1. The van der Waals surface area contributed by atoms with Gasteiger partial charge in [-0.25, -0.2) is 4.98 Å². The van der Waals surface area contributed by atoms with Gasteiger partial charge in [0.2, 0.25) is 11.8 Å². The average Bonchev–Trinajstić information content (AvgIpc) is 2.91. The van der Waals surface area contributed by atoms with Crippen LogP contribution in [0, 0.1) is 5.92 Å². The number of benzene rings is 1. The third kappa shape index (κ3) is 5.95. The number of hydrogen-bond acceptors (Lipinski definition) is 5. The highest BCUT2D eigenvalue weighted by molar-refractivity contribution is 5.97. The molecule has 1 aromatic heterocycles. The van der Waals surface area contributed by atoms with Gasteiger partial charge >= 0.3 is 0 Å². The first-order valence-electron chi connectivity index (χ1n) is 12.9. The molecule has 1 aromatic carbocycles. The lowest BCUT2D eigenvalue weighted by molar-refractivity contribution is -0.130. The standard InChI is InChI=1S/C29H37N3O4/c1-20-17-32(21(2)19-33)29(35)25-15-24(23-12-8-5-9-13-23)16-30-28(25)36-26(20)18-31(3)27(34)14-22-10-6-4-7-11-22/h4,6-7,10-12,15-16,20-21,26,33H,5,8-9,13-14,17-19H2,1-3H3/t20-,21-,26+/m1/s1. The number of likely N-dealkylation sites (N-methyl/N-ethyl adjacent to an activating group) is 1. The molecule has 192 valence electrons. The Bertz CT molecular complexity index is 1100. The summed E-state index contributed by atoms with van der Waals surface area (Å²) in [5, 5.41) is 9.88. The maximum atomic E-state index is 13.6. The van der Waals surface area contributed by atoms with E-state index in [2.05, 4.69) is 11.1 Å². The van der Waals surface area contributed by atoms with Crippen LogP contribution in [0.4, 0.5) is 0 Å². The van der Waals surface area contributed by atoms with E-state index in [4.69, 9.17) is 4.74 Å². The minimum absolute atomic E-state index is 0.00323. The number of pyridine rings is 1. The van der Waals surface area contributed by atoms with Gasteiger partial charge in [0.05, 0.1) is 25.6 Å². The summed E-state index contributed by atoms with van der Waals surface area (Å²) < 4.78 is 6.36. The van der Waals surface area contributed by atoms with E-state index >= 15 is 0 Å². The van der Waals surface area contributed by atoms with Crippen molar-refractivity contribution < 1.29 is 19.4 Å². The molecule has 7 heteroatoms. The number of carbonyl (C=O) groups excluding carboxylic acids is 2. The Balaban J connectivity index is 1.61. The van der Waals surface area contributed by atoms with Crippen molar-refractivity contribution in [3.05, 3.63) is 65.4 Å². The number of rotatable bonds is 7. The molecule has 3 atom stereocenters. The lowest BCUT2D eigenvalue weighted by Crippen LogP contribution is -2.50. The van der Waals surface area contributed by atoms with Crippen LogP contribution in [0.2, 0.25) is 0 Å². The lowest BCUT2D eigenvalue weighted by Gasteiger charge is -2.37. The molecule has 7 nitrogen and oxygen atoms in total. The molecule has 2 amide bonds. The van der Waals surface area contributed by atoms with Crippen LogP contribution in [0.25, 0.3) is 5.57 Å². The van der Waals surface area contributed by atoms with Crippen molar-refractivity contribution in [2.45, 2.75) is 58.1 Å². The van der Waals surface area contributed by atoms with Crippen LogP contribution < -0.4 is 4.74 Å². The summed E-state index contributed by atoms with van der Waals surface area (Å²) in [5.74, 6) is 0.0287. The Morgan fingerprint density at radius 1 is 1.28 bits per heavy atom. The van der Waals surface area contributed by atoms with Gasteiger partial charge in [-0.3, -0.25) is 9.59 Å². The second-order valence-electron chi connectivity index (χ2n) is 10.1. The van der Waals surface area contributed by atoms with Crippen molar-refractivity contribution in [2.24, 2.45) is 5.92 Å². The summed E-state index contributed by atoms with van der Waals surface area (Å²) in [4.78, 5) is 34.6. The van der Waals surface area contributed by atoms with Crippen LogP contribution in [0.5, 0.6) is 5.88 Å². The van der Waals surface area contributed by atoms with E-state index in [9.17, 15) is 14.7 Å². The molecular weight excluding hydrogens is 454 g/mol. The smallest absolute Gasteiger partial charge is 0.259 e. The molecule has 36 heavy (non-hydrogen) atoms. The number of amides is 2. The molecule has 0 saturated heterocycles. The third-order valence-corrected chi connectivity index (χ3v) is 7.26. The number of fused-ring (bicyclic) bond motifs is 1. The number of nitrogens with zero attached hydrogens (tertiary/aromatic N) is 3. The van der Waals surface area contributed by atoms with Gasteiger partial charge in [0, 0.05) is 25.7 Å². The van der Waals surface area contributed by atoms with Crippen LogP contribution in [0.1, 0.15) is 61.0 Å². The summed E-state index contributed by atoms with van der Waals surface area (Å²) in [6.45, 7) is 4.51. The molecule has 0 spiro atoms. The highest BCUT2D eigenvalue weighted by Gasteiger charge is 2.35. The van der Waals surface area contributed by atoms with Gasteiger partial charge in [0.25, 0.3) is 5.91 Å². The summed E-state index contributed by atoms with van der Waals surface area (Å²) in [5.41, 5.74) is 3.53. The largest absolute Gasteiger partial charge is 0.472 e. The Hall–Kier alpha value is -3.19. The normalized spacial score (nSPS) is 20.9. The fourth-order valence-corrected chi connectivity index (χ4v) is 4.87. The fourth-order valence-electron chi connectivity index (χ4n) is 4.87. The molecule has 0 radical (unpaired) electrons. The quantitative estimate of drug-likeness (QED) is 0.634. The molecule has 0 bridgehead atoms. The van der Waals surface area contributed by atoms with Gasteiger partial charge in [0.1, 0.15) is 11.7 Å². The molecule has 2 heterocycles. The van der Waals surface area contributed by atoms with Crippen LogP contribution in [-0.4, -0.2) is 70.6 Å². The monoisotopic (exact) mass is 491 g/mol.